The molecule has 136 valence electrons. The van der Waals surface area contributed by atoms with Crippen LogP contribution in [0.2, 0.25) is 0 Å². The second kappa shape index (κ2) is 10.2. The molecule has 1 aromatic carbocycles. The maximum Gasteiger partial charge on any atom is 0.191 e. The predicted molar refractivity (Wildman–Crippen MR) is 99.2 cm³/mol. The second-order valence-corrected chi connectivity index (χ2v) is 5.43. The maximum atomic E-state index is 5.33. The van der Waals surface area contributed by atoms with Crippen molar-refractivity contribution in [2.75, 3.05) is 27.3 Å². The maximum absolute atomic E-state index is 5.33. The third-order valence-electron chi connectivity index (χ3n) is 3.63. The van der Waals surface area contributed by atoms with E-state index >= 15 is 0 Å². The minimum atomic E-state index is 0.564. The lowest BCUT2D eigenvalue weighted by atomic mass is 10.2. The van der Waals surface area contributed by atoms with Gasteiger partial charge in [-0.15, -0.1) is 0 Å². The van der Waals surface area contributed by atoms with Gasteiger partial charge in [0.1, 0.15) is 0 Å². The summed E-state index contributed by atoms with van der Waals surface area (Å²) in [6.45, 7) is 5.15. The topological polar surface area (TPSA) is 72.7 Å². The first-order chi connectivity index (χ1) is 12.3. The average Bonchev–Trinajstić information content (AvgIpc) is 3.16. The molecule has 7 nitrogen and oxygen atoms in total. The SMILES string of the molecule is CCNC(=NCc1ccc(OC)c(OC)c1)NCCCn1cccn1. The van der Waals surface area contributed by atoms with E-state index in [9.17, 15) is 0 Å². The summed E-state index contributed by atoms with van der Waals surface area (Å²) in [5.74, 6) is 2.24. The second-order valence-electron chi connectivity index (χ2n) is 5.43. The normalized spacial score (nSPS) is 11.2. The van der Waals surface area contributed by atoms with Gasteiger partial charge in [0.25, 0.3) is 0 Å². The first-order valence-electron chi connectivity index (χ1n) is 8.47. The van der Waals surface area contributed by atoms with Crippen molar-refractivity contribution in [1.29, 1.82) is 0 Å². The molecule has 0 unspecified atom stereocenters. The largest absolute Gasteiger partial charge is 0.493 e. The molecular formula is C18H27N5O2. The van der Waals surface area contributed by atoms with Crippen LogP contribution in [0.1, 0.15) is 18.9 Å². The number of aryl methyl sites for hydroxylation is 1. The number of benzene rings is 1. The third-order valence-corrected chi connectivity index (χ3v) is 3.63. The van der Waals surface area contributed by atoms with Gasteiger partial charge >= 0.3 is 0 Å². The van der Waals surface area contributed by atoms with Crippen molar-refractivity contribution >= 4 is 5.96 Å². The van der Waals surface area contributed by atoms with Crippen LogP contribution >= 0.6 is 0 Å². The zero-order chi connectivity index (χ0) is 17.9. The highest BCUT2D eigenvalue weighted by Crippen LogP contribution is 2.27. The Balaban J connectivity index is 1.87. The molecule has 2 rings (SSSR count). The summed E-state index contributed by atoms with van der Waals surface area (Å²) in [7, 11) is 3.27. The molecule has 0 fully saturated rings. The number of nitrogens with one attached hydrogen (secondary N) is 2. The molecule has 0 amide bonds. The van der Waals surface area contributed by atoms with E-state index in [1.165, 1.54) is 0 Å². The molecule has 0 aliphatic rings. The zero-order valence-corrected chi connectivity index (χ0v) is 15.2. The molecule has 0 saturated heterocycles. The molecule has 0 aliphatic heterocycles. The van der Waals surface area contributed by atoms with Crippen LogP contribution < -0.4 is 20.1 Å². The van der Waals surface area contributed by atoms with E-state index in [-0.39, 0.29) is 0 Å². The van der Waals surface area contributed by atoms with Crippen LogP contribution in [-0.2, 0) is 13.1 Å². The van der Waals surface area contributed by atoms with Crippen molar-refractivity contribution in [3.8, 4) is 11.5 Å². The lowest BCUT2D eigenvalue weighted by Gasteiger charge is -2.12. The van der Waals surface area contributed by atoms with Gasteiger partial charge in [0.15, 0.2) is 17.5 Å². The minimum absolute atomic E-state index is 0.564. The molecule has 1 aromatic heterocycles. The Kier molecular flexibility index (Phi) is 7.62. The number of methoxy groups -OCH3 is 2. The molecule has 0 spiro atoms. The van der Waals surface area contributed by atoms with Crippen LogP contribution in [-0.4, -0.2) is 43.0 Å². The summed E-state index contributed by atoms with van der Waals surface area (Å²) in [6, 6.07) is 7.77. The van der Waals surface area contributed by atoms with E-state index in [0.29, 0.717) is 12.3 Å². The predicted octanol–water partition coefficient (Wildman–Crippen LogP) is 2.05. The van der Waals surface area contributed by atoms with Gasteiger partial charge in [-0.3, -0.25) is 4.68 Å². The zero-order valence-electron chi connectivity index (χ0n) is 15.2. The van der Waals surface area contributed by atoms with E-state index < -0.39 is 0 Å². The van der Waals surface area contributed by atoms with Gasteiger partial charge in [-0.25, -0.2) is 4.99 Å². The van der Waals surface area contributed by atoms with Crippen LogP contribution in [0.25, 0.3) is 0 Å². The Labute approximate surface area is 149 Å². The van der Waals surface area contributed by atoms with E-state index in [1.807, 2.05) is 35.1 Å². The highest BCUT2D eigenvalue weighted by Gasteiger charge is 2.04. The molecular weight excluding hydrogens is 318 g/mol. The Hall–Kier alpha value is -2.70. The summed E-state index contributed by atoms with van der Waals surface area (Å²) < 4.78 is 12.5. The van der Waals surface area contributed by atoms with E-state index in [4.69, 9.17) is 9.47 Å². The van der Waals surface area contributed by atoms with E-state index in [2.05, 4.69) is 27.6 Å². The molecule has 7 heteroatoms. The van der Waals surface area contributed by atoms with Gasteiger partial charge in [0, 0.05) is 32.0 Å². The van der Waals surface area contributed by atoms with Crippen LogP contribution in [0, 0.1) is 0 Å². The molecule has 0 aliphatic carbocycles. The van der Waals surface area contributed by atoms with Gasteiger partial charge in [0.05, 0.1) is 20.8 Å². The molecule has 0 atom stereocenters. The van der Waals surface area contributed by atoms with Crippen molar-refractivity contribution in [3.63, 3.8) is 0 Å². The molecule has 0 radical (unpaired) electrons. The smallest absolute Gasteiger partial charge is 0.191 e. The lowest BCUT2D eigenvalue weighted by molar-refractivity contribution is 0.354. The van der Waals surface area contributed by atoms with Gasteiger partial charge in [-0.1, -0.05) is 6.07 Å². The quantitative estimate of drug-likeness (QED) is 0.413. The number of guanidine groups is 1. The number of nitrogens with zero attached hydrogens (tertiary/aromatic N) is 3. The Morgan fingerprint density at radius 2 is 2.04 bits per heavy atom. The van der Waals surface area contributed by atoms with Gasteiger partial charge in [-0.2, -0.15) is 5.10 Å². The minimum Gasteiger partial charge on any atom is -0.493 e. The fourth-order valence-electron chi connectivity index (χ4n) is 2.37. The molecule has 2 N–H and O–H groups in total. The van der Waals surface area contributed by atoms with Gasteiger partial charge in [-0.05, 0) is 37.1 Å². The Morgan fingerprint density at radius 3 is 2.72 bits per heavy atom. The standard InChI is InChI=1S/C18H27N5O2/c1-4-19-18(20-9-5-11-23-12-6-10-22-23)21-14-15-7-8-16(24-2)17(13-15)25-3/h6-8,10,12-13H,4-5,9,11,14H2,1-3H3,(H2,19,20,21). The Morgan fingerprint density at radius 1 is 1.20 bits per heavy atom. The summed E-state index contributed by atoms with van der Waals surface area (Å²) in [6.07, 6.45) is 4.74. The van der Waals surface area contributed by atoms with Crippen molar-refractivity contribution < 1.29 is 9.47 Å². The van der Waals surface area contributed by atoms with E-state index in [1.54, 1.807) is 20.4 Å². The monoisotopic (exact) mass is 345 g/mol. The number of aromatic nitrogens is 2. The number of hydrogen-bond acceptors (Lipinski definition) is 4. The Bertz CT molecular complexity index is 655. The van der Waals surface area contributed by atoms with Gasteiger partial charge < -0.3 is 20.1 Å². The van der Waals surface area contributed by atoms with Gasteiger partial charge in [0.2, 0.25) is 0 Å². The molecule has 0 saturated carbocycles. The van der Waals surface area contributed by atoms with Crippen LogP contribution in [0.3, 0.4) is 0 Å². The van der Waals surface area contributed by atoms with E-state index in [0.717, 1.165) is 43.3 Å². The van der Waals surface area contributed by atoms with Crippen LogP contribution in [0.4, 0.5) is 0 Å². The summed E-state index contributed by atoms with van der Waals surface area (Å²) in [5.41, 5.74) is 1.06. The number of hydrogen-bond donors (Lipinski definition) is 2. The summed E-state index contributed by atoms with van der Waals surface area (Å²) in [4.78, 5) is 4.62. The average molecular weight is 345 g/mol. The van der Waals surface area contributed by atoms with Crippen molar-refractivity contribution in [2.45, 2.75) is 26.4 Å². The van der Waals surface area contributed by atoms with Crippen LogP contribution in [0.5, 0.6) is 11.5 Å². The lowest BCUT2D eigenvalue weighted by Crippen LogP contribution is -2.38. The summed E-state index contributed by atoms with van der Waals surface area (Å²) in [5, 5.41) is 10.8. The first kappa shape index (κ1) is 18.6. The fraction of sp³-hybridized carbons (Fsp3) is 0.444. The molecule has 2 aromatic rings. The summed E-state index contributed by atoms with van der Waals surface area (Å²) >= 11 is 0. The third kappa shape index (κ3) is 6.02. The number of aliphatic imine (C=N–C) groups is 1. The fourth-order valence-corrected chi connectivity index (χ4v) is 2.37. The van der Waals surface area contributed by atoms with Crippen molar-refractivity contribution in [3.05, 3.63) is 42.2 Å². The highest BCUT2D eigenvalue weighted by atomic mass is 16.5. The van der Waals surface area contributed by atoms with Crippen molar-refractivity contribution in [1.82, 2.24) is 20.4 Å². The van der Waals surface area contributed by atoms with Crippen LogP contribution in [0.15, 0.2) is 41.7 Å². The molecule has 0 bridgehead atoms. The first-order valence-corrected chi connectivity index (χ1v) is 8.47. The number of rotatable bonds is 9. The molecule has 25 heavy (non-hydrogen) atoms. The van der Waals surface area contributed by atoms with Crippen molar-refractivity contribution in [2.24, 2.45) is 4.99 Å². The molecule has 1 heterocycles. The highest BCUT2D eigenvalue weighted by molar-refractivity contribution is 5.79. The number of ether oxygens (including phenoxy) is 2.